The minimum absolute atomic E-state index is 0.0351. The number of nitrogens with one attached hydrogen (secondary N) is 2. The second kappa shape index (κ2) is 8.08. The highest BCUT2D eigenvalue weighted by Gasteiger charge is 2.24. The van der Waals surface area contributed by atoms with E-state index in [2.05, 4.69) is 10.3 Å². The fourth-order valence-electron chi connectivity index (χ4n) is 3.12. The monoisotopic (exact) mass is 442 g/mol. The minimum atomic E-state index is -3.94. The molecule has 2 N–H and O–H groups in total. The van der Waals surface area contributed by atoms with E-state index in [-0.39, 0.29) is 17.0 Å². The summed E-state index contributed by atoms with van der Waals surface area (Å²) in [6.07, 6.45) is 0.375. The van der Waals surface area contributed by atoms with Gasteiger partial charge in [-0.15, -0.1) is 0 Å². The molecule has 29 heavy (non-hydrogen) atoms. The van der Waals surface area contributed by atoms with E-state index in [1.165, 1.54) is 18.2 Å². The summed E-state index contributed by atoms with van der Waals surface area (Å²) in [5.74, 6) is -0.139. The van der Waals surface area contributed by atoms with Crippen molar-refractivity contribution < 1.29 is 22.0 Å². The van der Waals surface area contributed by atoms with Gasteiger partial charge in [-0.2, -0.15) is 0 Å². The Bertz CT molecular complexity index is 1160. The molecule has 1 fully saturated rings. The van der Waals surface area contributed by atoms with Crippen LogP contribution in [0.5, 0.6) is 0 Å². The number of hydrogen-bond donors (Lipinski definition) is 2. The fourth-order valence-corrected chi connectivity index (χ4v) is 4.16. The molecule has 1 atom stereocenters. The lowest BCUT2D eigenvalue weighted by Gasteiger charge is -2.15. The van der Waals surface area contributed by atoms with E-state index in [9.17, 15) is 26.8 Å². The highest BCUT2D eigenvalue weighted by molar-refractivity contribution is 7.90. The summed E-state index contributed by atoms with van der Waals surface area (Å²) in [5.41, 5.74) is -0.164. The van der Waals surface area contributed by atoms with Crippen LogP contribution in [0.15, 0.2) is 46.1 Å². The lowest BCUT2D eigenvalue weighted by molar-refractivity contribution is -0.119. The third-order valence-corrected chi connectivity index (χ3v) is 5.96. The van der Waals surface area contributed by atoms with E-state index in [1.807, 2.05) is 0 Å². The molecule has 10 heteroatoms. The quantitative estimate of drug-likeness (QED) is 0.743. The molecule has 1 aliphatic heterocycles. The second-order valence-electron chi connectivity index (χ2n) is 6.67. The summed E-state index contributed by atoms with van der Waals surface area (Å²) in [6.45, 7) is 0. The van der Waals surface area contributed by atoms with E-state index in [4.69, 9.17) is 11.6 Å². The van der Waals surface area contributed by atoms with Gasteiger partial charge in [-0.1, -0.05) is 29.8 Å². The van der Waals surface area contributed by atoms with E-state index >= 15 is 0 Å². The Hall–Kier alpha value is -2.52. The first-order chi connectivity index (χ1) is 13.6. The first-order valence-corrected chi connectivity index (χ1v) is 10.9. The number of hydrogen-bond acceptors (Lipinski definition) is 4. The third-order valence-electron chi connectivity index (χ3n) is 4.51. The summed E-state index contributed by atoms with van der Waals surface area (Å²) in [7, 11) is -3.94. The molecular formula is C19H17ClF2N2O4S. The maximum absolute atomic E-state index is 13.3. The van der Waals surface area contributed by atoms with Crippen LogP contribution in [0.4, 0.5) is 8.78 Å². The molecule has 6 nitrogen and oxygen atoms in total. The van der Waals surface area contributed by atoms with Gasteiger partial charge in [0.05, 0.1) is 4.90 Å². The van der Waals surface area contributed by atoms with E-state index in [0.29, 0.717) is 29.7 Å². The normalized spacial score (nSPS) is 17.6. The van der Waals surface area contributed by atoms with Crippen LogP contribution in [-0.2, 0) is 14.6 Å². The zero-order valence-corrected chi connectivity index (χ0v) is 16.8. The van der Waals surface area contributed by atoms with Gasteiger partial charge in [0.2, 0.25) is 5.91 Å². The molecule has 1 aromatic heterocycles. The average molecular weight is 443 g/mol. The van der Waals surface area contributed by atoms with Gasteiger partial charge in [0, 0.05) is 35.5 Å². The number of rotatable bonds is 5. The lowest BCUT2D eigenvalue weighted by Crippen LogP contribution is -2.23. The maximum atomic E-state index is 13.3. The van der Waals surface area contributed by atoms with E-state index in [0.717, 1.165) is 18.4 Å². The number of aromatic nitrogens is 1. The number of halogens is 3. The van der Waals surface area contributed by atoms with Crippen molar-refractivity contribution in [1.29, 1.82) is 0 Å². The molecule has 1 amide bonds. The van der Waals surface area contributed by atoms with Crippen LogP contribution in [0.25, 0.3) is 5.57 Å². The zero-order valence-electron chi connectivity index (χ0n) is 15.2. The number of H-pyrrole nitrogens is 1. The van der Waals surface area contributed by atoms with E-state index in [1.54, 1.807) is 6.08 Å². The molecule has 1 aromatic carbocycles. The molecule has 0 radical (unpaired) electrons. The Balaban J connectivity index is 2.21. The van der Waals surface area contributed by atoms with Crippen molar-refractivity contribution in [2.24, 2.45) is 0 Å². The number of carbonyl (C=O) groups excluding carboxylic acids is 1. The van der Waals surface area contributed by atoms with Gasteiger partial charge in [0.1, 0.15) is 5.02 Å². The second-order valence-corrected chi connectivity index (χ2v) is 9.06. The van der Waals surface area contributed by atoms with Crippen LogP contribution in [-0.4, -0.2) is 31.6 Å². The lowest BCUT2D eigenvalue weighted by atomic mass is 9.98. The number of amides is 1. The van der Waals surface area contributed by atoms with Gasteiger partial charge >= 0.3 is 0 Å². The fraction of sp³-hybridized carbons (Fsp3) is 0.263. The van der Waals surface area contributed by atoms with Crippen LogP contribution in [0.2, 0.25) is 5.02 Å². The van der Waals surface area contributed by atoms with Crippen LogP contribution in [0.1, 0.15) is 36.1 Å². The molecule has 2 aromatic rings. The van der Waals surface area contributed by atoms with Crippen LogP contribution in [0, 0.1) is 0 Å². The van der Waals surface area contributed by atoms with Gasteiger partial charge in [-0.25, -0.2) is 17.2 Å². The number of pyridine rings is 1. The summed E-state index contributed by atoms with van der Waals surface area (Å²) < 4.78 is 50.7. The van der Waals surface area contributed by atoms with Crippen LogP contribution >= 0.6 is 11.6 Å². The molecule has 3 rings (SSSR count). The Kier molecular flexibility index (Phi) is 5.90. The Morgan fingerprint density at radius 2 is 1.97 bits per heavy atom. The molecule has 1 aliphatic rings. The first-order valence-electron chi connectivity index (χ1n) is 8.59. The van der Waals surface area contributed by atoms with Crippen molar-refractivity contribution in [3.8, 4) is 0 Å². The molecule has 0 saturated carbocycles. The van der Waals surface area contributed by atoms with Gasteiger partial charge in [-0.05, 0) is 30.2 Å². The number of carbonyl (C=O) groups is 1. The Labute approximate surface area is 170 Å². The summed E-state index contributed by atoms with van der Waals surface area (Å²) in [4.78, 5) is 25.6. The highest BCUT2D eigenvalue weighted by Crippen LogP contribution is 2.32. The summed E-state index contributed by atoms with van der Waals surface area (Å²) in [5, 5.41) is 2.72. The zero-order chi connectivity index (χ0) is 21.3. The predicted molar refractivity (Wildman–Crippen MR) is 105 cm³/mol. The van der Waals surface area contributed by atoms with Crippen molar-refractivity contribution >= 4 is 32.9 Å². The van der Waals surface area contributed by atoms with Crippen molar-refractivity contribution in [3.05, 3.63) is 68.6 Å². The van der Waals surface area contributed by atoms with Gasteiger partial charge in [0.15, 0.2) is 9.84 Å². The van der Waals surface area contributed by atoms with Gasteiger partial charge in [-0.3, -0.25) is 9.59 Å². The minimum Gasteiger partial charge on any atom is -0.350 e. The van der Waals surface area contributed by atoms with Crippen LogP contribution < -0.4 is 10.9 Å². The molecule has 0 aliphatic carbocycles. The van der Waals surface area contributed by atoms with Crippen LogP contribution in [0.3, 0.4) is 0 Å². The number of benzene rings is 1. The number of aromatic amines is 1. The number of alkyl halides is 2. The molecular weight excluding hydrogens is 426 g/mol. The van der Waals surface area contributed by atoms with Crippen molar-refractivity contribution in [2.75, 3.05) is 6.26 Å². The highest BCUT2D eigenvalue weighted by atomic mass is 35.5. The maximum Gasteiger partial charge on any atom is 0.267 e. The molecule has 1 saturated heterocycles. The van der Waals surface area contributed by atoms with Gasteiger partial charge < -0.3 is 10.3 Å². The number of sulfone groups is 1. The summed E-state index contributed by atoms with van der Waals surface area (Å²) >= 11 is 5.78. The molecule has 0 unspecified atom stereocenters. The smallest absolute Gasteiger partial charge is 0.267 e. The summed E-state index contributed by atoms with van der Waals surface area (Å²) in [6, 6.07) is 6.09. The Morgan fingerprint density at radius 1 is 1.24 bits per heavy atom. The van der Waals surface area contributed by atoms with Crippen molar-refractivity contribution in [3.63, 3.8) is 0 Å². The molecule has 154 valence electrons. The van der Waals surface area contributed by atoms with E-state index < -0.39 is 32.3 Å². The molecule has 2 heterocycles. The average Bonchev–Trinajstić information content (AvgIpc) is 3.06. The SMILES string of the molecule is CS(=O)(=O)c1cc(/C(=C/[C@H]2CCC(=O)N2)c2ccc(Cl)c(=O)[nH]2)ccc1C(F)F. The largest absolute Gasteiger partial charge is 0.350 e. The van der Waals surface area contributed by atoms with Gasteiger partial charge in [0.25, 0.3) is 12.0 Å². The third kappa shape index (κ3) is 4.73. The molecule has 0 bridgehead atoms. The van der Waals surface area contributed by atoms with Crippen molar-refractivity contribution in [2.45, 2.75) is 30.2 Å². The first kappa shape index (κ1) is 21.2. The van der Waals surface area contributed by atoms with Crippen molar-refractivity contribution in [1.82, 2.24) is 10.3 Å². The Morgan fingerprint density at radius 3 is 2.52 bits per heavy atom. The topological polar surface area (TPSA) is 96.1 Å². The predicted octanol–water partition coefficient (Wildman–Crippen LogP) is 3.08. The molecule has 0 spiro atoms. The standard InChI is InChI=1S/C19H17ClF2N2O4S/c1-29(27,28)16-8-10(2-4-12(16)18(21)22)13(9-11-3-7-17(25)23-11)15-6-5-14(20)19(26)24-15/h2,4-6,8-9,11,18H,3,7H2,1H3,(H,23,25)(H,24,26)/b13-9-/t11-/m1/s1.